The van der Waals surface area contributed by atoms with Gasteiger partial charge in [-0.3, -0.25) is 4.68 Å². The molecule has 1 saturated heterocycles. The third-order valence-corrected chi connectivity index (χ3v) is 5.58. The molecule has 6 nitrogen and oxygen atoms in total. The fourth-order valence-electron chi connectivity index (χ4n) is 2.68. The number of rotatable bonds is 5. The minimum atomic E-state index is -4.77. The summed E-state index contributed by atoms with van der Waals surface area (Å²) in [6, 6.07) is 5.56. The first kappa shape index (κ1) is 17.6. The molecule has 1 aromatic heterocycles. The molecule has 0 radical (unpaired) electrons. The number of sulfone groups is 1. The van der Waals surface area contributed by atoms with Gasteiger partial charge in [0, 0.05) is 18.3 Å². The van der Waals surface area contributed by atoms with E-state index in [1.807, 2.05) is 0 Å². The number of benzene rings is 1. The van der Waals surface area contributed by atoms with Crippen molar-refractivity contribution in [3.63, 3.8) is 0 Å². The first-order valence-corrected chi connectivity index (χ1v) is 9.36. The summed E-state index contributed by atoms with van der Waals surface area (Å²) in [5.41, 5.74) is 0.933. The number of nitrogens with zero attached hydrogens (tertiary/aromatic N) is 2. The Labute approximate surface area is 142 Å². The van der Waals surface area contributed by atoms with Gasteiger partial charge in [-0.15, -0.1) is 13.2 Å². The molecule has 1 unspecified atom stereocenters. The summed E-state index contributed by atoms with van der Waals surface area (Å²) in [5.74, 6) is -0.110. The maximum Gasteiger partial charge on any atom is 0.573 e. The van der Waals surface area contributed by atoms with Crippen molar-refractivity contribution < 1.29 is 26.3 Å². The van der Waals surface area contributed by atoms with Crippen LogP contribution in [0.4, 0.5) is 18.9 Å². The van der Waals surface area contributed by atoms with Crippen LogP contribution in [0.3, 0.4) is 0 Å². The van der Waals surface area contributed by atoms with E-state index in [0.29, 0.717) is 6.42 Å². The van der Waals surface area contributed by atoms with E-state index in [2.05, 4.69) is 15.2 Å². The average Bonchev–Trinajstić information content (AvgIpc) is 3.11. The molecule has 10 heteroatoms. The van der Waals surface area contributed by atoms with Gasteiger partial charge >= 0.3 is 6.36 Å². The number of para-hydroxylation sites is 2. The lowest BCUT2D eigenvalue weighted by Crippen LogP contribution is -2.18. The van der Waals surface area contributed by atoms with Gasteiger partial charge in [0.15, 0.2) is 15.6 Å². The lowest BCUT2D eigenvalue weighted by Gasteiger charge is -2.14. The van der Waals surface area contributed by atoms with Gasteiger partial charge in [-0.05, 0) is 18.6 Å². The van der Waals surface area contributed by atoms with Crippen molar-refractivity contribution >= 4 is 15.5 Å². The largest absolute Gasteiger partial charge is 0.573 e. The van der Waals surface area contributed by atoms with Gasteiger partial charge in [-0.2, -0.15) is 5.10 Å². The molecule has 136 valence electrons. The average molecular weight is 375 g/mol. The van der Waals surface area contributed by atoms with Crippen LogP contribution in [0.25, 0.3) is 0 Å². The SMILES string of the molecule is O=S1(=O)CCC(n2cc(CNc3ccccc3OC(F)(F)F)cn2)C1. The molecular weight excluding hydrogens is 359 g/mol. The third kappa shape index (κ3) is 4.65. The molecule has 1 N–H and O–H groups in total. The number of halogens is 3. The molecular formula is C15H16F3N3O3S. The molecule has 1 fully saturated rings. The standard InChI is InChI=1S/C15H16F3N3O3S/c16-15(17,18)24-14-4-2-1-3-13(14)19-7-11-8-20-21(9-11)12-5-6-25(22,23)10-12/h1-4,8-9,12,19H,5-7,10H2. The molecule has 0 amide bonds. The Hall–Kier alpha value is -2.23. The van der Waals surface area contributed by atoms with Crippen molar-refractivity contribution in [3.8, 4) is 5.75 Å². The number of hydrogen-bond donors (Lipinski definition) is 1. The summed E-state index contributed by atoms with van der Waals surface area (Å²) in [4.78, 5) is 0. The fraction of sp³-hybridized carbons (Fsp3) is 0.400. The summed E-state index contributed by atoms with van der Waals surface area (Å²) in [6.45, 7) is 0.234. The zero-order valence-corrected chi connectivity index (χ0v) is 13.8. The molecule has 25 heavy (non-hydrogen) atoms. The van der Waals surface area contributed by atoms with E-state index < -0.39 is 16.2 Å². The van der Waals surface area contributed by atoms with Gasteiger partial charge in [0.2, 0.25) is 0 Å². The molecule has 1 aliphatic rings. The first-order valence-electron chi connectivity index (χ1n) is 7.54. The Morgan fingerprint density at radius 2 is 2.08 bits per heavy atom. The van der Waals surface area contributed by atoms with Gasteiger partial charge in [-0.1, -0.05) is 12.1 Å². The molecule has 1 aliphatic heterocycles. The van der Waals surface area contributed by atoms with Crippen LogP contribution in [-0.2, 0) is 16.4 Å². The van der Waals surface area contributed by atoms with Crippen LogP contribution in [0.15, 0.2) is 36.7 Å². The van der Waals surface area contributed by atoms with Crippen molar-refractivity contribution in [2.45, 2.75) is 25.4 Å². The summed E-state index contributed by atoms with van der Waals surface area (Å²) in [5, 5.41) is 7.03. The molecule has 3 rings (SSSR count). The quantitative estimate of drug-likeness (QED) is 0.870. The lowest BCUT2D eigenvalue weighted by molar-refractivity contribution is -0.274. The topological polar surface area (TPSA) is 73.2 Å². The van der Waals surface area contributed by atoms with E-state index in [4.69, 9.17) is 0 Å². The Morgan fingerprint density at radius 3 is 2.76 bits per heavy atom. The second-order valence-corrected chi connectivity index (χ2v) is 8.01. The zero-order valence-electron chi connectivity index (χ0n) is 13.0. The molecule has 1 aromatic carbocycles. The second kappa shape index (κ2) is 6.58. The fourth-order valence-corrected chi connectivity index (χ4v) is 4.38. The number of anilines is 1. The molecule has 0 aliphatic carbocycles. The van der Waals surface area contributed by atoms with Crippen LogP contribution in [0.1, 0.15) is 18.0 Å². The van der Waals surface area contributed by atoms with Crippen LogP contribution in [0.5, 0.6) is 5.75 Å². The normalized spacial score (nSPS) is 19.7. The number of hydrogen-bond acceptors (Lipinski definition) is 5. The minimum Gasteiger partial charge on any atom is -0.404 e. The van der Waals surface area contributed by atoms with Gasteiger partial charge < -0.3 is 10.1 Å². The number of ether oxygens (including phenoxy) is 1. The highest BCUT2D eigenvalue weighted by Crippen LogP contribution is 2.30. The maximum atomic E-state index is 12.4. The van der Waals surface area contributed by atoms with E-state index >= 15 is 0 Å². The van der Waals surface area contributed by atoms with Crippen LogP contribution in [-0.4, -0.2) is 36.1 Å². The van der Waals surface area contributed by atoms with Gasteiger partial charge in [0.25, 0.3) is 0 Å². The summed E-state index contributed by atoms with van der Waals surface area (Å²) in [6.07, 6.45) is -0.993. The van der Waals surface area contributed by atoms with E-state index in [-0.39, 0.29) is 35.5 Å². The number of nitrogens with one attached hydrogen (secondary N) is 1. The summed E-state index contributed by atoms with van der Waals surface area (Å²) in [7, 11) is -3.01. The van der Waals surface area contributed by atoms with Crippen LogP contribution < -0.4 is 10.1 Å². The zero-order chi connectivity index (χ0) is 18.1. The highest BCUT2D eigenvalue weighted by molar-refractivity contribution is 7.91. The van der Waals surface area contributed by atoms with Crippen LogP contribution >= 0.6 is 0 Å². The predicted molar refractivity (Wildman–Crippen MR) is 85.0 cm³/mol. The number of alkyl halides is 3. The van der Waals surface area contributed by atoms with Crippen molar-refractivity contribution in [1.29, 1.82) is 0 Å². The highest BCUT2D eigenvalue weighted by atomic mass is 32.2. The van der Waals surface area contributed by atoms with E-state index in [1.54, 1.807) is 23.1 Å². The van der Waals surface area contributed by atoms with E-state index in [9.17, 15) is 21.6 Å². The summed E-state index contributed by atoms with van der Waals surface area (Å²) >= 11 is 0. The Kier molecular flexibility index (Phi) is 4.63. The van der Waals surface area contributed by atoms with Gasteiger partial charge in [-0.25, -0.2) is 8.42 Å². The molecule has 1 atom stereocenters. The first-order chi connectivity index (χ1) is 11.7. The molecule has 0 saturated carbocycles. The van der Waals surface area contributed by atoms with Crippen molar-refractivity contribution in [2.24, 2.45) is 0 Å². The molecule has 2 heterocycles. The molecule has 0 bridgehead atoms. The van der Waals surface area contributed by atoms with Crippen LogP contribution in [0, 0.1) is 0 Å². The van der Waals surface area contributed by atoms with Crippen molar-refractivity contribution in [1.82, 2.24) is 9.78 Å². The second-order valence-electron chi connectivity index (χ2n) is 5.78. The predicted octanol–water partition coefficient (Wildman–Crippen LogP) is 2.75. The Morgan fingerprint density at radius 1 is 1.32 bits per heavy atom. The van der Waals surface area contributed by atoms with Crippen molar-refractivity contribution in [2.75, 3.05) is 16.8 Å². The summed E-state index contributed by atoms with van der Waals surface area (Å²) < 4.78 is 65.9. The Balaban J connectivity index is 1.65. The minimum absolute atomic E-state index is 0.0593. The van der Waals surface area contributed by atoms with Crippen LogP contribution in [0.2, 0.25) is 0 Å². The lowest BCUT2D eigenvalue weighted by atomic mass is 10.2. The maximum absolute atomic E-state index is 12.4. The van der Waals surface area contributed by atoms with Crippen molar-refractivity contribution in [3.05, 3.63) is 42.2 Å². The van der Waals surface area contributed by atoms with Gasteiger partial charge in [0.1, 0.15) is 0 Å². The molecule has 0 spiro atoms. The van der Waals surface area contributed by atoms with E-state index in [0.717, 1.165) is 5.56 Å². The third-order valence-electron chi connectivity index (χ3n) is 3.83. The van der Waals surface area contributed by atoms with Gasteiger partial charge in [0.05, 0.1) is 29.4 Å². The Bertz CT molecular complexity index is 849. The monoisotopic (exact) mass is 375 g/mol. The van der Waals surface area contributed by atoms with E-state index in [1.165, 1.54) is 18.2 Å². The highest BCUT2D eigenvalue weighted by Gasteiger charge is 2.32. The number of aromatic nitrogens is 2. The molecule has 2 aromatic rings. The smallest absolute Gasteiger partial charge is 0.404 e.